The first kappa shape index (κ1) is 15.1. The van der Waals surface area contributed by atoms with Gasteiger partial charge in [0, 0.05) is 13.2 Å². The van der Waals surface area contributed by atoms with E-state index in [1.54, 1.807) is 0 Å². The molecule has 1 aliphatic rings. The Labute approximate surface area is 123 Å². The van der Waals surface area contributed by atoms with E-state index in [9.17, 15) is 9.90 Å². The number of halogens is 1. The van der Waals surface area contributed by atoms with Crippen LogP contribution in [0.5, 0.6) is 0 Å². The number of pyridine rings is 1. The summed E-state index contributed by atoms with van der Waals surface area (Å²) >= 11 is 5.81. The summed E-state index contributed by atoms with van der Waals surface area (Å²) in [5.41, 5.74) is 0.116. The molecule has 0 bridgehead atoms. The highest BCUT2D eigenvalue weighted by molar-refractivity contribution is 6.29. The van der Waals surface area contributed by atoms with Gasteiger partial charge in [-0.3, -0.25) is 0 Å². The first-order chi connectivity index (χ1) is 9.61. The van der Waals surface area contributed by atoms with Crippen molar-refractivity contribution in [1.82, 2.24) is 4.98 Å². The molecule has 110 valence electrons. The summed E-state index contributed by atoms with van der Waals surface area (Å²) in [5.74, 6) is -0.105. The average Bonchev–Trinajstić information content (AvgIpc) is 2.45. The number of nitrogens with one attached hydrogen (secondary N) is 1. The topological polar surface area (TPSA) is 82.5 Å². The van der Waals surface area contributed by atoms with Gasteiger partial charge in [-0.05, 0) is 36.8 Å². The van der Waals surface area contributed by atoms with Crippen molar-refractivity contribution >= 4 is 23.4 Å². The Hall–Kier alpha value is -1.33. The van der Waals surface area contributed by atoms with E-state index in [0.717, 1.165) is 25.7 Å². The van der Waals surface area contributed by atoms with Gasteiger partial charge in [0.2, 0.25) is 0 Å². The number of aromatic carboxylic acids is 1. The van der Waals surface area contributed by atoms with Crippen molar-refractivity contribution in [2.75, 3.05) is 18.5 Å². The van der Waals surface area contributed by atoms with Crippen molar-refractivity contribution < 1.29 is 15.0 Å². The normalized spacial score (nSPS) is 22.5. The first-order valence-corrected chi connectivity index (χ1v) is 7.24. The second-order valence-electron chi connectivity index (χ2n) is 5.20. The molecule has 1 aromatic rings. The Balaban J connectivity index is 2.06. The zero-order valence-electron chi connectivity index (χ0n) is 11.2. The molecule has 0 aliphatic heterocycles. The number of aromatic nitrogens is 1. The molecule has 0 spiro atoms. The van der Waals surface area contributed by atoms with Gasteiger partial charge in [-0.2, -0.15) is 0 Å². The van der Waals surface area contributed by atoms with Gasteiger partial charge in [0.25, 0.3) is 0 Å². The zero-order chi connectivity index (χ0) is 14.5. The molecule has 1 fully saturated rings. The van der Waals surface area contributed by atoms with E-state index in [4.69, 9.17) is 16.7 Å². The molecule has 0 aromatic carbocycles. The van der Waals surface area contributed by atoms with Gasteiger partial charge in [0.1, 0.15) is 16.5 Å². The van der Waals surface area contributed by atoms with Gasteiger partial charge in [-0.25, -0.2) is 9.78 Å². The van der Waals surface area contributed by atoms with Crippen LogP contribution in [0, 0.1) is 11.8 Å². The van der Waals surface area contributed by atoms with Gasteiger partial charge in [0.15, 0.2) is 0 Å². The Morgan fingerprint density at radius 2 is 2.05 bits per heavy atom. The highest BCUT2D eigenvalue weighted by Gasteiger charge is 2.24. The van der Waals surface area contributed by atoms with Crippen molar-refractivity contribution in [3.05, 3.63) is 22.8 Å². The zero-order valence-corrected chi connectivity index (χ0v) is 11.9. The fourth-order valence-electron chi connectivity index (χ4n) is 2.76. The van der Waals surface area contributed by atoms with Crippen LogP contribution < -0.4 is 5.32 Å². The highest BCUT2D eigenvalue weighted by Crippen LogP contribution is 2.30. The molecular formula is C14H19ClN2O3. The van der Waals surface area contributed by atoms with Crippen LogP contribution in [-0.2, 0) is 0 Å². The summed E-state index contributed by atoms with van der Waals surface area (Å²) in [6, 6.07) is 2.91. The van der Waals surface area contributed by atoms with Crippen LogP contribution in [0.2, 0.25) is 5.15 Å². The number of aliphatic hydroxyl groups is 1. The van der Waals surface area contributed by atoms with Gasteiger partial charge in [-0.15, -0.1) is 0 Å². The molecule has 1 aromatic heterocycles. The Bertz CT molecular complexity index is 481. The smallest absolute Gasteiger partial charge is 0.339 e. The molecule has 2 atom stereocenters. The van der Waals surface area contributed by atoms with Crippen molar-refractivity contribution in [3.63, 3.8) is 0 Å². The van der Waals surface area contributed by atoms with Crippen molar-refractivity contribution in [2.24, 2.45) is 11.8 Å². The highest BCUT2D eigenvalue weighted by atomic mass is 35.5. The number of carboxylic acid groups (broad SMARTS) is 1. The Kier molecular flexibility index (Phi) is 5.20. The third-order valence-electron chi connectivity index (χ3n) is 3.92. The molecule has 0 radical (unpaired) electrons. The minimum absolute atomic E-state index is 0.116. The van der Waals surface area contributed by atoms with E-state index in [-0.39, 0.29) is 23.2 Å². The molecule has 3 N–H and O–H groups in total. The molecule has 0 saturated heterocycles. The van der Waals surface area contributed by atoms with Crippen LogP contribution in [0.3, 0.4) is 0 Å². The SMILES string of the molecule is O=C(O)c1ccc(Cl)nc1NCC1CCCCC1CO. The molecule has 1 heterocycles. The molecule has 1 aliphatic carbocycles. The minimum atomic E-state index is -1.03. The minimum Gasteiger partial charge on any atom is -0.478 e. The summed E-state index contributed by atoms with van der Waals surface area (Å²) in [6.07, 6.45) is 4.37. The van der Waals surface area contributed by atoms with E-state index in [1.165, 1.54) is 12.1 Å². The second kappa shape index (κ2) is 6.90. The lowest BCUT2D eigenvalue weighted by Crippen LogP contribution is -2.29. The molecule has 1 saturated carbocycles. The predicted molar refractivity (Wildman–Crippen MR) is 77.2 cm³/mol. The van der Waals surface area contributed by atoms with E-state index < -0.39 is 5.97 Å². The van der Waals surface area contributed by atoms with Crippen LogP contribution in [-0.4, -0.2) is 34.3 Å². The standard InChI is InChI=1S/C14H19ClN2O3/c15-12-6-5-11(14(19)20)13(17-12)16-7-9-3-1-2-4-10(9)8-18/h5-6,9-10,18H,1-4,7-8H2,(H,16,17)(H,19,20). The summed E-state index contributed by atoms with van der Waals surface area (Å²) in [7, 11) is 0. The summed E-state index contributed by atoms with van der Waals surface area (Å²) in [4.78, 5) is 15.2. The van der Waals surface area contributed by atoms with Gasteiger partial charge in [-0.1, -0.05) is 24.4 Å². The molecule has 20 heavy (non-hydrogen) atoms. The maximum absolute atomic E-state index is 11.1. The van der Waals surface area contributed by atoms with Crippen molar-refractivity contribution in [2.45, 2.75) is 25.7 Å². The number of hydrogen-bond donors (Lipinski definition) is 3. The number of anilines is 1. The van der Waals surface area contributed by atoms with Gasteiger partial charge >= 0.3 is 5.97 Å². The number of rotatable bonds is 5. The fourth-order valence-corrected chi connectivity index (χ4v) is 2.91. The molecule has 0 amide bonds. The van der Waals surface area contributed by atoms with Gasteiger partial charge < -0.3 is 15.5 Å². The predicted octanol–water partition coefficient (Wildman–Crippen LogP) is 2.64. The lowest BCUT2D eigenvalue weighted by Gasteiger charge is -2.30. The van der Waals surface area contributed by atoms with Crippen LogP contribution in [0.15, 0.2) is 12.1 Å². The summed E-state index contributed by atoms with van der Waals surface area (Å²) in [6.45, 7) is 0.792. The maximum atomic E-state index is 11.1. The lowest BCUT2D eigenvalue weighted by atomic mass is 9.79. The van der Waals surface area contributed by atoms with E-state index in [1.807, 2.05) is 0 Å². The first-order valence-electron chi connectivity index (χ1n) is 6.86. The fraction of sp³-hybridized carbons (Fsp3) is 0.571. The van der Waals surface area contributed by atoms with Crippen LogP contribution in [0.25, 0.3) is 0 Å². The van der Waals surface area contributed by atoms with E-state index in [2.05, 4.69) is 10.3 Å². The number of carbonyl (C=O) groups is 1. The summed E-state index contributed by atoms with van der Waals surface area (Å²) in [5, 5.41) is 21.9. The second-order valence-corrected chi connectivity index (χ2v) is 5.59. The largest absolute Gasteiger partial charge is 0.478 e. The van der Waals surface area contributed by atoms with Crippen molar-refractivity contribution in [3.8, 4) is 0 Å². The van der Waals surface area contributed by atoms with Gasteiger partial charge in [0.05, 0.1) is 0 Å². The van der Waals surface area contributed by atoms with Crippen LogP contribution >= 0.6 is 11.6 Å². The van der Waals surface area contributed by atoms with Crippen LogP contribution in [0.4, 0.5) is 5.82 Å². The van der Waals surface area contributed by atoms with E-state index >= 15 is 0 Å². The molecule has 2 rings (SSSR count). The number of hydrogen-bond acceptors (Lipinski definition) is 4. The Morgan fingerprint density at radius 1 is 1.35 bits per heavy atom. The number of aliphatic hydroxyl groups excluding tert-OH is 1. The summed E-state index contributed by atoms with van der Waals surface area (Å²) < 4.78 is 0. The third-order valence-corrected chi connectivity index (χ3v) is 4.13. The number of nitrogens with zero attached hydrogens (tertiary/aromatic N) is 1. The molecule has 6 heteroatoms. The number of carboxylic acids is 1. The van der Waals surface area contributed by atoms with Crippen LogP contribution in [0.1, 0.15) is 36.0 Å². The Morgan fingerprint density at radius 3 is 2.70 bits per heavy atom. The molecule has 5 nitrogen and oxygen atoms in total. The lowest BCUT2D eigenvalue weighted by molar-refractivity contribution is 0.0697. The average molecular weight is 299 g/mol. The van der Waals surface area contributed by atoms with E-state index in [0.29, 0.717) is 18.3 Å². The van der Waals surface area contributed by atoms with Crippen molar-refractivity contribution in [1.29, 1.82) is 0 Å². The third kappa shape index (κ3) is 3.61. The molecule has 2 unspecified atom stereocenters. The monoisotopic (exact) mass is 298 g/mol. The maximum Gasteiger partial charge on any atom is 0.339 e. The quantitative estimate of drug-likeness (QED) is 0.728. The molecular weight excluding hydrogens is 280 g/mol.